The highest BCUT2D eigenvalue weighted by molar-refractivity contribution is 4.82. The molecule has 14 heavy (non-hydrogen) atoms. The van der Waals surface area contributed by atoms with Gasteiger partial charge in [0.15, 0.2) is 0 Å². The molecule has 2 nitrogen and oxygen atoms in total. The molecule has 2 atom stereocenters. The molecule has 1 fully saturated rings. The number of hydrogen-bond donors (Lipinski definition) is 0. The van der Waals surface area contributed by atoms with Crippen molar-refractivity contribution >= 4 is 0 Å². The molecule has 0 aliphatic carbocycles. The van der Waals surface area contributed by atoms with Crippen LogP contribution in [-0.4, -0.2) is 36.7 Å². The summed E-state index contributed by atoms with van der Waals surface area (Å²) in [6.07, 6.45) is 5.29. The van der Waals surface area contributed by atoms with E-state index in [1.807, 2.05) is 0 Å². The van der Waals surface area contributed by atoms with E-state index in [0.717, 1.165) is 19.3 Å². The van der Waals surface area contributed by atoms with Crippen LogP contribution < -0.4 is 0 Å². The van der Waals surface area contributed by atoms with E-state index < -0.39 is 0 Å². The predicted octanol–water partition coefficient (Wildman–Crippen LogP) is 2.68. The Hall–Kier alpha value is -0.0800. The maximum atomic E-state index is 5.53. The lowest BCUT2D eigenvalue weighted by Gasteiger charge is -2.30. The number of likely N-dealkylation sites (tertiary alicyclic amines) is 1. The smallest absolute Gasteiger partial charge is 0.0621 e. The molecule has 1 heterocycles. The Bertz CT molecular complexity index is 149. The normalized spacial score (nSPS) is 25.5. The van der Waals surface area contributed by atoms with Gasteiger partial charge in [0.05, 0.1) is 6.61 Å². The van der Waals surface area contributed by atoms with Crippen LogP contribution in [-0.2, 0) is 4.74 Å². The quantitative estimate of drug-likeness (QED) is 0.652. The number of rotatable bonds is 6. The van der Waals surface area contributed by atoms with Crippen molar-refractivity contribution in [2.75, 3.05) is 19.8 Å². The Labute approximate surface area is 88.6 Å². The molecule has 2 unspecified atom stereocenters. The van der Waals surface area contributed by atoms with Crippen LogP contribution in [0.15, 0.2) is 0 Å². The first-order valence-corrected chi connectivity index (χ1v) is 6.13. The van der Waals surface area contributed by atoms with Gasteiger partial charge in [-0.25, -0.2) is 0 Å². The largest absolute Gasteiger partial charge is 0.380 e. The molecule has 2 heteroatoms. The third-order valence-corrected chi connectivity index (χ3v) is 3.21. The van der Waals surface area contributed by atoms with Crippen LogP contribution in [0.5, 0.6) is 0 Å². The summed E-state index contributed by atoms with van der Waals surface area (Å²) in [5.41, 5.74) is 0. The molecule has 84 valence electrons. The monoisotopic (exact) mass is 199 g/mol. The molecule has 1 rings (SSSR count). The molecule has 0 amide bonds. The van der Waals surface area contributed by atoms with Gasteiger partial charge in [-0.05, 0) is 39.7 Å². The molecule has 1 aliphatic rings. The van der Waals surface area contributed by atoms with Crippen LogP contribution in [0.3, 0.4) is 0 Å². The van der Waals surface area contributed by atoms with Gasteiger partial charge in [0.1, 0.15) is 0 Å². The second-order valence-corrected chi connectivity index (χ2v) is 4.33. The molecule has 0 aromatic carbocycles. The number of nitrogens with zero attached hydrogens (tertiary/aromatic N) is 1. The number of hydrogen-bond acceptors (Lipinski definition) is 2. The van der Waals surface area contributed by atoms with Gasteiger partial charge in [-0.3, -0.25) is 4.90 Å². The topological polar surface area (TPSA) is 12.5 Å². The van der Waals surface area contributed by atoms with E-state index >= 15 is 0 Å². The lowest BCUT2D eigenvalue weighted by atomic mass is 10.1. The summed E-state index contributed by atoms with van der Waals surface area (Å²) >= 11 is 0. The molecule has 1 aliphatic heterocycles. The molecule has 0 aromatic heterocycles. The van der Waals surface area contributed by atoms with E-state index in [1.54, 1.807) is 0 Å². The second-order valence-electron chi connectivity index (χ2n) is 4.33. The average molecular weight is 199 g/mol. The summed E-state index contributed by atoms with van der Waals surface area (Å²) < 4.78 is 5.53. The SMILES string of the molecule is CCCC(C)N1CCCC1COCC. The lowest BCUT2D eigenvalue weighted by Crippen LogP contribution is -2.39. The summed E-state index contributed by atoms with van der Waals surface area (Å²) in [7, 11) is 0. The van der Waals surface area contributed by atoms with E-state index in [9.17, 15) is 0 Å². The molecule has 0 bridgehead atoms. The van der Waals surface area contributed by atoms with Gasteiger partial charge < -0.3 is 4.74 Å². The van der Waals surface area contributed by atoms with Gasteiger partial charge in [0.25, 0.3) is 0 Å². The minimum absolute atomic E-state index is 0.691. The molecule has 1 saturated heterocycles. The first-order valence-electron chi connectivity index (χ1n) is 6.13. The van der Waals surface area contributed by atoms with Crippen LogP contribution in [0.2, 0.25) is 0 Å². The van der Waals surface area contributed by atoms with E-state index in [-0.39, 0.29) is 0 Å². The fourth-order valence-electron chi connectivity index (χ4n) is 2.45. The molecular weight excluding hydrogens is 174 g/mol. The molecule has 0 radical (unpaired) electrons. The van der Waals surface area contributed by atoms with E-state index in [2.05, 4.69) is 25.7 Å². The van der Waals surface area contributed by atoms with Gasteiger partial charge in [0.2, 0.25) is 0 Å². The van der Waals surface area contributed by atoms with Crippen molar-refractivity contribution in [3.8, 4) is 0 Å². The van der Waals surface area contributed by atoms with Crippen molar-refractivity contribution in [3.05, 3.63) is 0 Å². The Morgan fingerprint density at radius 3 is 2.86 bits per heavy atom. The predicted molar refractivity (Wildman–Crippen MR) is 60.6 cm³/mol. The Balaban J connectivity index is 2.33. The van der Waals surface area contributed by atoms with Crippen molar-refractivity contribution in [3.63, 3.8) is 0 Å². The summed E-state index contributed by atoms with van der Waals surface area (Å²) in [4.78, 5) is 2.64. The van der Waals surface area contributed by atoms with Gasteiger partial charge in [-0.2, -0.15) is 0 Å². The maximum Gasteiger partial charge on any atom is 0.0621 e. The van der Waals surface area contributed by atoms with E-state index in [1.165, 1.54) is 32.2 Å². The Kier molecular flexibility index (Phi) is 5.49. The third-order valence-electron chi connectivity index (χ3n) is 3.21. The molecule has 0 N–H and O–H groups in total. The Morgan fingerprint density at radius 1 is 1.43 bits per heavy atom. The van der Waals surface area contributed by atoms with E-state index in [0.29, 0.717) is 6.04 Å². The minimum atomic E-state index is 0.691. The minimum Gasteiger partial charge on any atom is -0.380 e. The van der Waals surface area contributed by atoms with Gasteiger partial charge in [-0.15, -0.1) is 0 Å². The zero-order valence-electron chi connectivity index (χ0n) is 9.96. The maximum absolute atomic E-state index is 5.53. The fraction of sp³-hybridized carbons (Fsp3) is 1.00. The van der Waals surface area contributed by atoms with Gasteiger partial charge >= 0.3 is 0 Å². The number of ether oxygens (including phenoxy) is 1. The van der Waals surface area contributed by atoms with Crippen LogP contribution in [0, 0.1) is 0 Å². The van der Waals surface area contributed by atoms with Gasteiger partial charge in [0, 0.05) is 18.7 Å². The standard InChI is InChI=1S/C12H25NO/c1-4-7-11(3)13-9-6-8-12(13)10-14-5-2/h11-12H,4-10H2,1-3H3. The Morgan fingerprint density at radius 2 is 2.21 bits per heavy atom. The zero-order valence-corrected chi connectivity index (χ0v) is 9.96. The first kappa shape index (κ1) is 12.0. The van der Waals surface area contributed by atoms with Crippen molar-refractivity contribution in [1.82, 2.24) is 4.90 Å². The summed E-state index contributed by atoms with van der Waals surface area (Å²) in [6.45, 7) is 9.77. The first-order chi connectivity index (χ1) is 6.79. The highest BCUT2D eigenvalue weighted by Crippen LogP contribution is 2.22. The lowest BCUT2D eigenvalue weighted by molar-refractivity contribution is 0.0673. The molecule has 0 spiro atoms. The molecular formula is C12H25NO. The second kappa shape index (κ2) is 6.41. The van der Waals surface area contributed by atoms with Crippen molar-refractivity contribution < 1.29 is 4.74 Å². The van der Waals surface area contributed by atoms with Crippen LogP contribution in [0.4, 0.5) is 0 Å². The molecule has 0 aromatic rings. The molecule has 0 saturated carbocycles. The van der Waals surface area contributed by atoms with Crippen LogP contribution >= 0.6 is 0 Å². The summed E-state index contributed by atoms with van der Waals surface area (Å²) in [6, 6.07) is 1.43. The highest BCUT2D eigenvalue weighted by Gasteiger charge is 2.27. The van der Waals surface area contributed by atoms with Crippen LogP contribution in [0.25, 0.3) is 0 Å². The average Bonchev–Trinajstić information content (AvgIpc) is 2.63. The van der Waals surface area contributed by atoms with E-state index in [4.69, 9.17) is 4.74 Å². The van der Waals surface area contributed by atoms with Gasteiger partial charge in [-0.1, -0.05) is 13.3 Å². The zero-order chi connectivity index (χ0) is 10.4. The van der Waals surface area contributed by atoms with Crippen molar-refractivity contribution in [2.45, 2.75) is 58.5 Å². The fourth-order valence-corrected chi connectivity index (χ4v) is 2.45. The summed E-state index contributed by atoms with van der Waals surface area (Å²) in [5, 5.41) is 0. The highest BCUT2D eigenvalue weighted by atomic mass is 16.5. The van der Waals surface area contributed by atoms with Crippen molar-refractivity contribution in [2.24, 2.45) is 0 Å². The van der Waals surface area contributed by atoms with Crippen molar-refractivity contribution in [1.29, 1.82) is 0 Å². The third kappa shape index (κ3) is 3.25. The summed E-state index contributed by atoms with van der Waals surface area (Å²) in [5.74, 6) is 0. The van der Waals surface area contributed by atoms with Crippen LogP contribution in [0.1, 0.15) is 46.5 Å².